The molecule has 0 aliphatic heterocycles. The molecule has 1 saturated carbocycles. The van der Waals surface area contributed by atoms with Crippen molar-refractivity contribution < 1.29 is 17.2 Å². The van der Waals surface area contributed by atoms with Gasteiger partial charge in [-0.15, -0.1) is 0 Å². The third-order valence-corrected chi connectivity index (χ3v) is 3.96. The summed E-state index contributed by atoms with van der Waals surface area (Å²) in [6.45, 7) is 0.0390. The number of hydrogen-bond donors (Lipinski definition) is 1. The molecular weight excluding hydrogens is 268 g/mol. The molecule has 1 aliphatic rings. The Morgan fingerprint density at radius 1 is 1.46 bits per heavy atom. The van der Waals surface area contributed by atoms with Crippen molar-refractivity contribution in [3.63, 3.8) is 0 Å². The fraction of sp³-hybridized carbons (Fsp3) is 1.00. The lowest BCUT2D eigenvalue weighted by Crippen LogP contribution is -2.34. The van der Waals surface area contributed by atoms with Crippen molar-refractivity contribution in [3.8, 4) is 0 Å². The van der Waals surface area contributed by atoms with Crippen molar-refractivity contribution in [2.75, 3.05) is 6.54 Å². The van der Waals surface area contributed by atoms with Crippen LogP contribution in [0.4, 0.5) is 8.78 Å². The third-order valence-electron chi connectivity index (χ3n) is 1.85. The Morgan fingerprint density at radius 3 is 2.38 bits per heavy atom. The van der Waals surface area contributed by atoms with Gasteiger partial charge in [0.1, 0.15) is 0 Å². The number of halogens is 3. The standard InChI is InChI=1S/C6H10BrF2NO2S/c7-5(4-1-2-4)3-10-13(11,12)6(8)9/h4-6,10H,1-3H2. The van der Waals surface area contributed by atoms with Gasteiger partial charge < -0.3 is 0 Å². The van der Waals surface area contributed by atoms with E-state index in [4.69, 9.17) is 0 Å². The second-order valence-corrected chi connectivity index (χ2v) is 5.92. The highest BCUT2D eigenvalue weighted by Crippen LogP contribution is 2.36. The van der Waals surface area contributed by atoms with E-state index in [0.29, 0.717) is 5.92 Å². The first kappa shape index (κ1) is 11.3. The maximum atomic E-state index is 11.8. The normalized spacial score (nSPS) is 20.6. The molecule has 0 aromatic heterocycles. The van der Waals surface area contributed by atoms with Crippen LogP contribution in [0.1, 0.15) is 12.8 Å². The van der Waals surface area contributed by atoms with Crippen molar-refractivity contribution in [2.24, 2.45) is 5.92 Å². The van der Waals surface area contributed by atoms with Crippen LogP contribution >= 0.6 is 15.9 Å². The monoisotopic (exact) mass is 277 g/mol. The van der Waals surface area contributed by atoms with E-state index in [1.54, 1.807) is 0 Å². The second kappa shape index (κ2) is 4.18. The molecule has 0 aromatic carbocycles. The van der Waals surface area contributed by atoms with Gasteiger partial charge in [-0.25, -0.2) is 13.1 Å². The highest BCUT2D eigenvalue weighted by Gasteiger charge is 2.31. The molecule has 0 spiro atoms. The molecule has 1 atom stereocenters. The van der Waals surface area contributed by atoms with Crippen molar-refractivity contribution in [3.05, 3.63) is 0 Å². The largest absolute Gasteiger partial charge is 0.350 e. The third kappa shape index (κ3) is 3.47. The fourth-order valence-corrected chi connectivity index (χ4v) is 2.33. The van der Waals surface area contributed by atoms with Gasteiger partial charge in [0, 0.05) is 11.4 Å². The smallest absolute Gasteiger partial charge is 0.209 e. The minimum atomic E-state index is -4.41. The maximum Gasteiger partial charge on any atom is 0.350 e. The van der Waals surface area contributed by atoms with Crippen molar-refractivity contribution in [2.45, 2.75) is 23.4 Å². The van der Waals surface area contributed by atoms with Gasteiger partial charge in [-0.2, -0.15) is 8.78 Å². The Bertz CT molecular complexity index is 266. The van der Waals surface area contributed by atoms with E-state index >= 15 is 0 Å². The lowest BCUT2D eigenvalue weighted by Gasteiger charge is -2.09. The number of nitrogens with one attached hydrogen (secondary N) is 1. The van der Waals surface area contributed by atoms with E-state index in [0.717, 1.165) is 12.8 Å². The van der Waals surface area contributed by atoms with Gasteiger partial charge in [0.25, 0.3) is 10.0 Å². The van der Waals surface area contributed by atoms with Crippen molar-refractivity contribution in [1.82, 2.24) is 4.72 Å². The molecule has 0 heterocycles. The molecule has 7 heteroatoms. The van der Waals surface area contributed by atoms with Crippen molar-refractivity contribution in [1.29, 1.82) is 0 Å². The molecule has 1 N–H and O–H groups in total. The first-order valence-electron chi connectivity index (χ1n) is 3.84. The molecule has 1 fully saturated rings. The van der Waals surface area contributed by atoms with Crippen molar-refractivity contribution >= 4 is 26.0 Å². The molecule has 0 bridgehead atoms. The quantitative estimate of drug-likeness (QED) is 0.770. The Morgan fingerprint density at radius 2 is 2.00 bits per heavy atom. The van der Waals surface area contributed by atoms with Gasteiger partial charge in [-0.05, 0) is 18.8 Å². The topological polar surface area (TPSA) is 46.2 Å². The van der Waals surface area contributed by atoms with Gasteiger partial charge in [0.15, 0.2) is 0 Å². The van der Waals surface area contributed by atoms with Crippen LogP contribution in [-0.2, 0) is 10.0 Å². The minimum Gasteiger partial charge on any atom is -0.209 e. The summed E-state index contributed by atoms with van der Waals surface area (Å²) in [4.78, 5) is -0.0268. The summed E-state index contributed by atoms with van der Waals surface area (Å²) in [6, 6.07) is 0. The highest BCUT2D eigenvalue weighted by molar-refractivity contribution is 9.09. The molecule has 0 saturated heterocycles. The first-order chi connectivity index (χ1) is 5.93. The lowest BCUT2D eigenvalue weighted by molar-refractivity contribution is 0.232. The van der Waals surface area contributed by atoms with E-state index in [-0.39, 0.29) is 11.4 Å². The Balaban J connectivity index is 2.32. The Labute approximate surface area is 84.1 Å². The van der Waals surface area contributed by atoms with Gasteiger partial charge >= 0.3 is 5.76 Å². The van der Waals surface area contributed by atoms with Crippen LogP contribution in [0.5, 0.6) is 0 Å². The average molecular weight is 278 g/mol. The predicted molar refractivity (Wildman–Crippen MR) is 48.4 cm³/mol. The molecule has 0 radical (unpaired) electrons. The van der Waals surface area contributed by atoms with Crippen LogP contribution in [0.15, 0.2) is 0 Å². The van der Waals surface area contributed by atoms with Gasteiger partial charge in [-0.3, -0.25) is 0 Å². The fourth-order valence-electron chi connectivity index (χ4n) is 0.883. The summed E-state index contributed by atoms with van der Waals surface area (Å²) >= 11 is 3.23. The molecule has 1 unspecified atom stereocenters. The van der Waals surface area contributed by atoms with E-state index < -0.39 is 15.8 Å². The summed E-state index contributed by atoms with van der Waals surface area (Å²) in [6.07, 6.45) is 2.07. The molecule has 0 amide bonds. The SMILES string of the molecule is O=S(=O)(NCC(Br)C1CC1)C(F)F. The van der Waals surface area contributed by atoms with Crippen LogP contribution in [0.3, 0.4) is 0 Å². The minimum absolute atomic E-state index is 0.0268. The van der Waals surface area contributed by atoms with Crippen LogP contribution < -0.4 is 4.72 Å². The Kier molecular flexibility index (Phi) is 3.64. The average Bonchev–Trinajstić information content (AvgIpc) is 2.82. The molecule has 1 aliphatic carbocycles. The van der Waals surface area contributed by atoms with Crippen LogP contribution in [-0.4, -0.2) is 25.5 Å². The second-order valence-electron chi connectivity index (χ2n) is 3.01. The zero-order chi connectivity index (χ0) is 10.1. The summed E-state index contributed by atoms with van der Waals surface area (Å²) in [5.41, 5.74) is 0. The molecule has 78 valence electrons. The summed E-state index contributed by atoms with van der Waals surface area (Å²) in [5, 5.41) is 0. The summed E-state index contributed by atoms with van der Waals surface area (Å²) in [5.74, 6) is -2.91. The van der Waals surface area contributed by atoms with Gasteiger partial charge in [-0.1, -0.05) is 15.9 Å². The molecule has 3 nitrogen and oxygen atoms in total. The summed E-state index contributed by atoms with van der Waals surface area (Å²) in [7, 11) is -4.41. The lowest BCUT2D eigenvalue weighted by atomic mass is 10.3. The molecule has 13 heavy (non-hydrogen) atoms. The van der Waals surface area contributed by atoms with Crippen LogP contribution in [0.2, 0.25) is 0 Å². The number of alkyl halides is 3. The predicted octanol–water partition coefficient (Wildman–Crippen LogP) is 1.30. The number of rotatable bonds is 5. The van der Waals surface area contributed by atoms with E-state index in [1.807, 2.05) is 4.72 Å². The molecular formula is C6H10BrF2NO2S. The number of hydrogen-bond acceptors (Lipinski definition) is 2. The molecule has 0 aromatic rings. The highest BCUT2D eigenvalue weighted by atomic mass is 79.9. The summed E-state index contributed by atoms with van der Waals surface area (Å²) < 4.78 is 46.7. The van der Waals surface area contributed by atoms with E-state index in [9.17, 15) is 17.2 Å². The first-order valence-corrected chi connectivity index (χ1v) is 6.30. The zero-order valence-electron chi connectivity index (χ0n) is 6.71. The number of sulfonamides is 1. The zero-order valence-corrected chi connectivity index (χ0v) is 9.11. The van der Waals surface area contributed by atoms with Crippen LogP contribution in [0, 0.1) is 5.92 Å². The van der Waals surface area contributed by atoms with Gasteiger partial charge in [0.05, 0.1) is 0 Å². The van der Waals surface area contributed by atoms with Gasteiger partial charge in [0.2, 0.25) is 0 Å². The maximum absolute atomic E-state index is 11.8. The molecule has 1 rings (SSSR count). The Hall–Kier alpha value is 0.250. The van der Waals surface area contributed by atoms with E-state index in [2.05, 4.69) is 15.9 Å². The van der Waals surface area contributed by atoms with E-state index in [1.165, 1.54) is 0 Å². The van der Waals surface area contributed by atoms with Crippen LogP contribution in [0.25, 0.3) is 0 Å².